The highest BCUT2D eigenvalue weighted by Gasteiger charge is 2.48. The van der Waals surface area contributed by atoms with E-state index in [0.717, 1.165) is 16.8 Å². The van der Waals surface area contributed by atoms with Crippen molar-refractivity contribution in [1.29, 1.82) is 0 Å². The largest absolute Gasteiger partial charge is 0.756 e. The lowest BCUT2D eigenvalue weighted by Gasteiger charge is -2.28. The van der Waals surface area contributed by atoms with E-state index >= 15 is 0 Å². The quantitative estimate of drug-likeness (QED) is 0.152. The van der Waals surface area contributed by atoms with Gasteiger partial charge in [0, 0.05) is 23.4 Å². The molecule has 3 aliphatic rings. The molecule has 0 bridgehead atoms. The van der Waals surface area contributed by atoms with Gasteiger partial charge in [-0.05, 0) is 6.92 Å². The second kappa shape index (κ2) is 11.0. The van der Waals surface area contributed by atoms with Gasteiger partial charge in [0.25, 0.3) is 13.4 Å². The standard InChI is InChI=1S/C23H27N6O13P/c1-7-13(25)18(33)12-8(5-39-22(26)35)14-20(9(24)4-29(14)15(12)16(7)31)42-43(37,38)40-6-10-17(32)19(34)21(41-10)28-3-2-11(30)27-23(28)36/h2-3,9-10,17,19-21,32,34H,4-6,24-25H2,1H3,(H2,26,35)(H,37,38)(H,27,30,36). The molecule has 2 aliphatic heterocycles. The smallest absolute Gasteiger partial charge is 0.404 e. The van der Waals surface area contributed by atoms with E-state index < -0.39 is 86.6 Å². The van der Waals surface area contributed by atoms with E-state index in [2.05, 4.69) is 5.73 Å². The van der Waals surface area contributed by atoms with E-state index in [-0.39, 0.29) is 40.3 Å². The van der Waals surface area contributed by atoms with Crippen LogP contribution < -0.4 is 33.3 Å². The van der Waals surface area contributed by atoms with Crippen molar-refractivity contribution in [3.63, 3.8) is 0 Å². The third-order valence-electron chi connectivity index (χ3n) is 7.42. The lowest BCUT2D eigenvalue weighted by molar-refractivity contribution is -0.437. The Balaban J connectivity index is 1.39. The number of amides is 1. The predicted molar refractivity (Wildman–Crippen MR) is 136 cm³/mol. The van der Waals surface area contributed by atoms with Crippen molar-refractivity contribution in [2.45, 2.75) is 56.8 Å². The van der Waals surface area contributed by atoms with Crippen molar-refractivity contribution in [3.05, 3.63) is 66.9 Å². The van der Waals surface area contributed by atoms with Crippen molar-refractivity contribution in [3.8, 4) is 0 Å². The van der Waals surface area contributed by atoms with Gasteiger partial charge in [-0.2, -0.15) is 0 Å². The molecule has 20 heteroatoms. The van der Waals surface area contributed by atoms with E-state index in [4.69, 9.17) is 30.0 Å². The molecule has 19 nitrogen and oxygen atoms in total. The molecule has 0 aromatic carbocycles. The fourth-order valence-corrected chi connectivity index (χ4v) is 6.27. The predicted octanol–water partition coefficient (Wildman–Crippen LogP) is -3.97. The number of nitrogens with zero attached hydrogens (tertiary/aromatic N) is 2. The molecule has 10 N–H and O–H groups in total. The van der Waals surface area contributed by atoms with Crippen LogP contribution in [0.5, 0.6) is 0 Å². The number of nitrogens with two attached hydrogens (primary N) is 2. The molecule has 0 spiro atoms. The van der Waals surface area contributed by atoms with Crippen LogP contribution in [0.2, 0.25) is 0 Å². The molecule has 1 amide bonds. The fraction of sp³-hybridized carbons (Fsp3) is 0.435. The maximum Gasteiger partial charge on any atom is 0.404 e. The van der Waals surface area contributed by atoms with Crippen molar-refractivity contribution >= 4 is 25.5 Å². The van der Waals surface area contributed by atoms with Gasteiger partial charge in [-0.1, -0.05) is 0 Å². The molecule has 4 heterocycles. The second-order valence-corrected chi connectivity index (χ2v) is 11.5. The van der Waals surface area contributed by atoms with Crippen LogP contribution in [0, 0.1) is 0 Å². The molecule has 1 aliphatic carbocycles. The highest BCUT2D eigenvalue weighted by Crippen LogP contribution is 2.50. The number of phosphoric ester groups is 1. The molecular weight excluding hydrogens is 599 g/mol. The molecule has 7 unspecified atom stereocenters. The molecule has 2 aromatic heterocycles. The minimum absolute atomic E-state index is 0.000192. The third kappa shape index (κ3) is 5.25. The number of carbonyl (C=O) groups excluding carboxylic acids is 3. The Bertz CT molecular complexity index is 1730. The van der Waals surface area contributed by atoms with Gasteiger partial charge in [0.15, 0.2) is 12.3 Å². The van der Waals surface area contributed by atoms with Crippen LogP contribution in [0.15, 0.2) is 33.1 Å². The number of hydrogen-bond donors (Lipinski definition) is 6. The molecule has 0 saturated carbocycles. The first-order valence-corrected chi connectivity index (χ1v) is 14.1. The number of primary amides is 1. The second-order valence-electron chi connectivity index (χ2n) is 10.1. The van der Waals surface area contributed by atoms with Gasteiger partial charge in [0.2, 0.25) is 11.6 Å². The number of nitrogens with one attached hydrogen (secondary N) is 1. The number of quaternary nitrogens is 1. The van der Waals surface area contributed by atoms with E-state index in [1.807, 2.05) is 4.98 Å². The molecule has 1 saturated heterocycles. The van der Waals surface area contributed by atoms with Gasteiger partial charge in [0.1, 0.15) is 36.7 Å². The Morgan fingerprint density at radius 3 is 2.60 bits per heavy atom. The molecule has 232 valence electrons. The molecule has 7 atom stereocenters. The van der Waals surface area contributed by atoms with Gasteiger partial charge in [0.05, 0.1) is 30.1 Å². The number of aliphatic hydroxyl groups is 2. The zero-order chi connectivity index (χ0) is 31.5. The summed E-state index contributed by atoms with van der Waals surface area (Å²) in [7, 11) is -5.29. The van der Waals surface area contributed by atoms with Crippen LogP contribution in [-0.4, -0.2) is 73.0 Å². The van der Waals surface area contributed by atoms with E-state index in [9.17, 15) is 43.6 Å². The number of ketones is 2. The minimum Gasteiger partial charge on any atom is -0.756 e. The monoisotopic (exact) mass is 626 g/mol. The number of fused-ring (bicyclic) bond motifs is 3. The first-order valence-electron chi connectivity index (χ1n) is 12.7. The topological polar surface area (TPSA) is 308 Å². The normalized spacial score (nSPS) is 28.1. The van der Waals surface area contributed by atoms with E-state index in [1.54, 1.807) is 0 Å². The lowest BCUT2D eigenvalue weighted by Crippen LogP contribution is -2.63. The maximum atomic E-state index is 13.1. The van der Waals surface area contributed by atoms with Gasteiger partial charge in [-0.15, -0.1) is 0 Å². The van der Waals surface area contributed by atoms with Crippen molar-refractivity contribution in [2.24, 2.45) is 11.5 Å². The zero-order valence-corrected chi connectivity index (χ0v) is 23.2. The number of ether oxygens (including phenoxy) is 2. The van der Waals surface area contributed by atoms with Gasteiger partial charge < -0.3 is 55.4 Å². The molecule has 1 fully saturated rings. The molecular formula is C23H27N6O13P. The summed E-state index contributed by atoms with van der Waals surface area (Å²) in [6.07, 6.45) is -7.99. The number of carbonyl (C=O) groups is 3. The Kier molecular flexibility index (Phi) is 7.78. The zero-order valence-electron chi connectivity index (χ0n) is 22.3. The number of allylic oxidation sites excluding steroid dienone is 2. The van der Waals surface area contributed by atoms with Crippen LogP contribution in [-0.2, 0) is 36.2 Å². The number of rotatable bonds is 8. The SMILES string of the molecule is CC1=C(N)C(=O)c2c(COC(N)=O)c3n(c2C1=O)CC([NH3+])C3OP(=O)([O-])OCC1OC(n2ccc(=O)[nH]c2=O)C(O)C1O. The first kappa shape index (κ1) is 30.5. The summed E-state index contributed by atoms with van der Waals surface area (Å²) in [5.74, 6) is -1.34. The number of aromatic amines is 1. The number of aromatic nitrogens is 3. The highest BCUT2D eigenvalue weighted by molar-refractivity contribution is 7.45. The van der Waals surface area contributed by atoms with Crippen LogP contribution in [0.4, 0.5) is 4.79 Å². The van der Waals surface area contributed by atoms with Crippen molar-refractivity contribution in [1.82, 2.24) is 14.1 Å². The Hall–Kier alpha value is -3.94. The summed E-state index contributed by atoms with van der Waals surface area (Å²) < 4.78 is 35.7. The lowest BCUT2D eigenvalue weighted by atomic mass is 9.89. The van der Waals surface area contributed by atoms with Gasteiger partial charge in [-0.25, -0.2) is 9.59 Å². The molecule has 0 radical (unpaired) electrons. The van der Waals surface area contributed by atoms with Crippen LogP contribution >= 0.6 is 7.82 Å². The van der Waals surface area contributed by atoms with E-state index in [0.29, 0.717) is 0 Å². The summed E-state index contributed by atoms with van der Waals surface area (Å²) in [4.78, 5) is 75.9. The maximum absolute atomic E-state index is 13.1. The average Bonchev–Trinajstić information content (AvgIpc) is 3.52. The van der Waals surface area contributed by atoms with Crippen molar-refractivity contribution < 1.29 is 58.3 Å². The summed E-state index contributed by atoms with van der Waals surface area (Å²) in [5.41, 5.74) is 12.5. The summed E-state index contributed by atoms with van der Waals surface area (Å²) in [6.45, 7) is -0.199. The summed E-state index contributed by atoms with van der Waals surface area (Å²) >= 11 is 0. The number of hydrogen-bond acceptors (Lipinski definition) is 14. The number of Topliss-reactive ketones (excluding diaryl/α,β-unsaturated/α-hetero) is 2. The van der Waals surface area contributed by atoms with Crippen LogP contribution in [0.3, 0.4) is 0 Å². The first-order chi connectivity index (χ1) is 20.1. The van der Waals surface area contributed by atoms with Crippen molar-refractivity contribution in [2.75, 3.05) is 6.61 Å². The number of H-pyrrole nitrogens is 1. The molecule has 43 heavy (non-hydrogen) atoms. The molecule has 2 aromatic rings. The number of aliphatic hydroxyl groups excluding tert-OH is 2. The minimum atomic E-state index is -5.29. The Morgan fingerprint density at radius 2 is 1.95 bits per heavy atom. The Labute approximate surface area is 240 Å². The van der Waals surface area contributed by atoms with Crippen LogP contribution in [0.25, 0.3) is 0 Å². The third-order valence-corrected chi connectivity index (χ3v) is 8.37. The average molecular weight is 626 g/mol. The van der Waals surface area contributed by atoms with Gasteiger partial charge >= 0.3 is 11.8 Å². The van der Waals surface area contributed by atoms with E-state index in [1.165, 1.54) is 11.5 Å². The summed E-state index contributed by atoms with van der Waals surface area (Å²) in [5, 5.41) is 20.8. The number of phosphoric acid groups is 1. The summed E-state index contributed by atoms with van der Waals surface area (Å²) in [6, 6.07) is 0.129. The van der Waals surface area contributed by atoms with Crippen LogP contribution in [0.1, 0.15) is 51.4 Å². The fourth-order valence-electron chi connectivity index (χ4n) is 5.33. The Morgan fingerprint density at radius 1 is 1.26 bits per heavy atom. The molecule has 5 rings (SSSR count). The highest BCUT2D eigenvalue weighted by atomic mass is 31.2. The van der Waals surface area contributed by atoms with Gasteiger partial charge in [-0.3, -0.25) is 28.5 Å².